The fourth-order valence-electron chi connectivity index (χ4n) is 8.05. The van der Waals surface area contributed by atoms with Crippen molar-refractivity contribution in [1.82, 2.24) is 0 Å². The molecule has 3 aliphatic rings. The molecule has 3 heteroatoms. The second-order valence-electron chi connectivity index (χ2n) is 16.6. The molecule has 3 rings (SSSR count). The maximum atomic E-state index is 11.5. The van der Waals surface area contributed by atoms with Gasteiger partial charge in [-0.2, -0.15) is 0 Å². The first-order chi connectivity index (χ1) is 18.1. The molecule has 0 fully saturated rings. The molecule has 0 aromatic carbocycles. The lowest BCUT2D eigenvalue weighted by Crippen LogP contribution is -2.52. The normalized spacial score (nSPS) is 36.5. The minimum Gasteiger partial charge on any atom is -0.512 e. The SMILES string of the molecule is CC(CC(C1C=CC=C(O)C1(C)C(C)(C)C)C1C=CC=C(O)C1(C)C(C)(C)C)C1C=CC=C(O)C1(C)C(C)(C)C. The molecule has 0 bridgehead atoms. The van der Waals surface area contributed by atoms with E-state index >= 15 is 0 Å². The zero-order valence-electron chi connectivity index (χ0n) is 27.6. The zero-order chi connectivity index (χ0) is 30.7. The minimum absolute atomic E-state index is 0.0415. The third-order valence-electron chi connectivity index (χ3n) is 12.2. The standard InChI is InChI=1S/C37H58O3/c1-24(26-17-14-20-29(38)35(26,11)32(2,3)4)23-25(27-18-15-21-30(39)36(27,12)33(5,6)7)28-19-16-22-31(40)37(28,13)34(8,9)10/h14-22,24-28,38-40H,23H2,1-13H3. The summed E-state index contributed by atoms with van der Waals surface area (Å²) in [7, 11) is 0. The maximum Gasteiger partial charge on any atom is 0.0992 e. The number of hydrogen-bond acceptors (Lipinski definition) is 3. The fraction of sp³-hybridized carbons (Fsp3) is 0.676. The molecule has 3 N–H and O–H groups in total. The van der Waals surface area contributed by atoms with Gasteiger partial charge in [0.1, 0.15) is 0 Å². The van der Waals surface area contributed by atoms with Crippen LogP contribution in [0.15, 0.2) is 72.0 Å². The highest BCUT2D eigenvalue weighted by atomic mass is 16.3. The van der Waals surface area contributed by atoms with Crippen LogP contribution in [0.2, 0.25) is 0 Å². The lowest BCUT2D eigenvalue weighted by atomic mass is 9.47. The van der Waals surface area contributed by atoms with E-state index in [0.29, 0.717) is 17.3 Å². The van der Waals surface area contributed by atoms with Crippen molar-refractivity contribution in [2.45, 2.75) is 96.4 Å². The van der Waals surface area contributed by atoms with E-state index in [0.717, 1.165) is 6.42 Å². The summed E-state index contributed by atoms with van der Waals surface area (Å²) in [4.78, 5) is 0. The summed E-state index contributed by atoms with van der Waals surface area (Å²) in [5, 5.41) is 34.3. The minimum atomic E-state index is -0.493. The summed E-state index contributed by atoms with van der Waals surface area (Å²) in [6, 6.07) is 0. The first kappa shape index (κ1) is 32.4. The Hall–Kier alpha value is -2.16. The van der Waals surface area contributed by atoms with Crippen LogP contribution in [0.4, 0.5) is 0 Å². The Morgan fingerprint density at radius 3 is 1.15 bits per heavy atom. The molecule has 0 radical (unpaired) electrons. The van der Waals surface area contributed by atoms with E-state index in [9.17, 15) is 15.3 Å². The second-order valence-corrected chi connectivity index (χ2v) is 16.6. The molecule has 7 atom stereocenters. The van der Waals surface area contributed by atoms with E-state index in [1.165, 1.54) is 0 Å². The Morgan fingerprint density at radius 2 is 0.850 bits per heavy atom. The van der Waals surface area contributed by atoms with Crippen molar-refractivity contribution in [3.05, 3.63) is 72.0 Å². The molecule has 3 aliphatic carbocycles. The van der Waals surface area contributed by atoms with Crippen LogP contribution in [-0.4, -0.2) is 15.3 Å². The Bertz CT molecular complexity index is 1080. The van der Waals surface area contributed by atoms with Crippen LogP contribution >= 0.6 is 0 Å². The molecule has 0 saturated heterocycles. The Morgan fingerprint density at radius 1 is 0.575 bits per heavy atom. The van der Waals surface area contributed by atoms with Gasteiger partial charge in [0.25, 0.3) is 0 Å². The molecule has 0 aromatic heterocycles. The first-order valence-electron chi connectivity index (χ1n) is 15.3. The molecule has 40 heavy (non-hydrogen) atoms. The molecule has 0 amide bonds. The van der Waals surface area contributed by atoms with Crippen LogP contribution in [0.5, 0.6) is 0 Å². The molecule has 0 saturated carbocycles. The smallest absolute Gasteiger partial charge is 0.0992 e. The van der Waals surface area contributed by atoms with Gasteiger partial charge in [-0.05, 0) is 70.5 Å². The van der Waals surface area contributed by atoms with Crippen LogP contribution in [0.3, 0.4) is 0 Å². The van der Waals surface area contributed by atoms with E-state index in [2.05, 4.69) is 108 Å². The van der Waals surface area contributed by atoms with Crippen molar-refractivity contribution in [3.63, 3.8) is 0 Å². The molecule has 7 unspecified atom stereocenters. The molecule has 0 aliphatic heterocycles. The first-order valence-corrected chi connectivity index (χ1v) is 15.3. The van der Waals surface area contributed by atoms with Crippen LogP contribution in [-0.2, 0) is 0 Å². The summed E-state index contributed by atoms with van der Waals surface area (Å²) in [5.74, 6) is 1.88. The summed E-state index contributed by atoms with van der Waals surface area (Å²) >= 11 is 0. The van der Waals surface area contributed by atoms with Gasteiger partial charge in [0.05, 0.1) is 17.3 Å². The van der Waals surface area contributed by atoms with Crippen molar-refractivity contribution in [1.29, 1.82) is 0 Å². The molecule has 224 valence electrons. The summed E-state index contributed by atoms with van der Waals surface area (Å²) in [6.45, 7) is 29.0. The Labute approximate surface area is 245 Å². The predicted octanol–water partition coefficient (Wildman–Crippen LogP) is 10.7. The molecule has 3 nitrogen and oxygen atoms in total. The van der Waals surface area contributed by atoms with E-state index < -0.39 is 16.2 Å². The van der Waals surface area contributed by atoms with Crippen molar-refractivity contribution < 1.29 is 15.3 Å². The molecular weight excluding hydrogens is 492 g/mol. The van der Waals surface area contributed by atoms with Crippen molar-refractivity contribution in [3.8, 4) is 0 Å². The summed E-state index contributed by atoms with van der Waals surface area (Å²) in [5.41, 5.74) is -1.96. The van der Waals surface area contributed by atoms with Crippen LogP contribution < -0.4 is 0 Å². The van der Waals surface area contributed by atoms with Gasteiger partial charge in [-0.15, -0.1) is 0 Å². The molecule has 0 spiro atoms. The van der Waals surface area contributed by atoms with Gasteiger partial charge in [-0.25, -0.2) is 0 Å². The summed E-state index contributed by atoms with van der Waals surface area (Å²) in [6.07, 6.45) is 19.5. The lowest BCUT2D eigenvalue weighted by Gasteiger charge is -2.57. The van der Waals surface area contributed by atoms with E-state index in [4.69, 9.17) is 0 Å². The largest absolute Gasteiger partial charge is 0.512 e. The highest BCUT2D eigenvalue weighted by Crippen LogP contribution is 2.63. The third kappa shape index (κ3) is 4.84. The third-order valence-corrected chi connectivity index (χ3v) is 12.2. The topological polar surface area (TPSA) is 60.7 Å². The molecular formula is C37H58O3. The van der Waals surface area contributed by atoms with Gasteiger partial charge in [0.2, 0.25) is 0 Å². The molecule has 0 heterocycles. The highest BCUT2D eigenvalue weighted by Gasteiger charge is 2.58. The lowest BCUT2D eigenvalue weighted by molar-refractivity contribution is -0.0506. The maximum absolute atomic E-state index is 11.5. The van der Waals surface area contributed by atoms with Gasteiger partial charge in [-0.3, -0.25) is 0 Å². The van der Waals surface area contributed by atoms with Crippen molar-refractivity contribution in [2.24, 2.45) is 62.1 Å². The Balaban J connectivity index is 2.23. The quantitative estimate of drug-likeness (QED) is 0.319. The monoisotopic (exact) mass is 550 g/mol. The average Bonchev–Trinajstić information content (AvgIpc) is 2.81. The number of allylic oxidation sites excluding steroid dienone is 12. The van der Waals surface area contributed by atoms with Crippen molar-refractivity contribution >= 4 is 0 Å². The van der Waals surface area contributed by atoms with Gasteiger partial charge in [0, 0.05) is 16.2 Å². The number of hydrogen-bond donors (Lipinski definition) is 3. The van der Waals surface area contributed by atoms with Gasteiger partial charge >= 0.3 is 0 Å². The van der Waals surface area contributed by atoms with Crippen LogP contribution in [0.25, 0.3) is 0 Å². The van der Waals surface area contributed by atoms with E-state index in [1.54, 1.807) is 0 Å². The number of aliphatic hydroxyl groups excluding tert-OH is 3. The van der Waals surface area contributed by atoms with Gasteiger partial charge in [0.15, 0.2) is 0 Å². The number of rotatable bonds is 5. The highest BCUT2D eigenvalue weighted by molar-refractivity contribution is 5.32. The fourth-order valence-corrected chi connectivity index (χ4v) is 8.05. The summed E-state index contributed by atoms with van der Waals surface area (Å²) < 4.78 is 0. The predicted molar refractivity (Wildman–Crippen MR) is 170 cm³/mol. The number of aliphatic hydroxyl groups is 3. The second kappa shape index (κ2) is 10.3. The van der Waals surface area contributed by atoms with E-state index in [1.807, 2.05) is 36.5 Å². The zero-order valence-corrected chi connectivity index (χ0v) is 27.6. The van der Waals surface area contributed by atoms with Crippen LogP contribution in [0.1, 0.15) is 96.4 Å². The molecule has 0 aromatic rings. The average molecular weight is 551 g/mol. The van der Waals surface area contributed by atoms with Crippen molar-refractivity contribution in [2.75, 3.05) is 0 Å². The van der Waals surface area contributed by atoms with Crippen LogP contribution in [0, 0.1) is 62.1 Å². The van der Waals surface area contributed by atoms with E-state index in [-0.39, 0.29) is 45.8 Å². The van der Waals surface area contributed by atoms with Gasteiger partial charge < -0.3 is 15.3 Å². The van der Waals surface area contributed by atoms with Gasteiger partial charge in [-0.1, -0.05) is 126 Å². The Kier molecular flexibility index (Phi) is 8.32.